The number of benzene rings is 2. The van der Waals surface area contributed by atoms with Crippen molar-refractivity contribution in [3.63, 3.8) is 0 Å². The van der Waals surface area contributed by atoms with Crippen molar-refractivity contribution >= 4 is 34.1 Å². The van der Waals surface area contributed by atoms with Crippen molar-refractivity contribution in [2.45, 2.75) is 25.8 Å². The molecule has 5 rings (SSSR count). The van der Waals surface area contributed by atoms with Gasteiger partial charge in [-0.3, -0.25) is 9.36 Å². The van der Waals surface area contributed by atoms with Gasteiger partial charge in [-0.2, -0.15) is 9.49 Å². The summed E-state index contributed by atoms with van der Waals surface area (Å²) in [4.78, 5) is 23.2. The normalized spacial score (nSPS) is 15.8. The molecule has 2 aromatic heterocycles. The Morgan fingerprint density at radius 3 is 2.76 bits per heavy atom. The summed E-state index contributed by atoms with van der Waals surface area (Å²) in [5, 5.41) is 7.87. The van der Waals surface area contributed by atoms with E-state index >= 15 is 0 Å². The van der Waals surface area contributed by atoms with E-state index in [0.717, 1.165) is 17.5 Å². The number of likely N-dealkylation sites (tertiary alicyclic amines) is 1. The van der Waals surface area contributed by atoms with Gasteiger partial charge in [0.05, 0.1) is 33.9 Å². The van der Waals surface area contributed by atoms with Crippen LogP contribution in [0.3, 0.4) is 0 Å². The van der Waals surface area contributed by atoms with E-state index < -0.39 is 11.8 Å². The second-order valence-corrected chi connectivity index (χ2v) is 9.50. The summed E-state index contributed by atoms with van der Waals surface area (Å²) in [6.07, 6.45) is 1.83. The van der Waals surface area contributed by atoms with Gasteiger partial charge in [-0.1, -0.05) is 23.7 Å². The van der Waals surface area contributed by atoms with Crippen LogP contribution in [0, 0.1) is 25.3 Å². The number of nitrogens with one attached hydrogen (secondary N) is 1. The van der Waals surface area contributed by atoms with Crippen LogP contribution in [0.15, 0.2) is 30.3 Å². The van der Waals surface area contributed by atoms with Gasteiger partial charge in [0, 0.05) is 31.7 Å². The third-order valence-corrected chi connectivity index (χ3v) is 7.13. The van der Waals surface area contributed by atoms with Crippen LogP contribution in [0.4, 0.5) is 14.5 Å². The van der Waals surface area contributed by atoms with Crippen molar-refractivity contribution in [1.29, 1.82) is 0 Å². The molecule has 1 aliphatic rings. The lowest BCUT2D eigenvalue weighted by molar-refractivity contribution is 0.0692. The molecule has 2 aromatic carbocycles. The van der Waals surface area contributed by atoms with Crippen molar-refractivity contribution in [3.8, 4) is 17.1 Å². The summed E-state index contributed by atoms with van der Waals surface area (Å²) in [5.74, 6) is -1.24. The lowest BCUT2D eigenvalue weighted by atomic mass is 10.1. The van der Waals surface area contributed by atoms with Gasteiger partial charge in [-0.25, -0.2) is 18.9 Å². The predicted octanol–water partition coefficient (Wildman–Crippen LogP) is 5.04. The quantitative estimate of drug-likeness (QED) is 0.380. The van der Waals surface area contributed by atoms with Gasteiger partial charge >= 0.3 is 0 Å². The van der Waals surface area contributed by atoms with Crippen molar-refractivity contribution < 1.29 is 13.6 Å². The molecule has 190 valence electrons. The second kappa shape index (κ2) is 9.57. The molecule has 1 N–H and O–H groups in total. The summed E-state index contributed by atoms with van der Waals surface area (Å²) in [6.45, 7) is 10.0. The van der Waals surface area contributed by atoms with E-state index in [1.165, 1.54) is 19.2 Å². The molecule has 11 heteroatoms. The summed E-state index contributed by atoms with van der Waals surface area (Å²) >= 11 is 6.65. The number of aromatic nitrogens is 4. The minimum atomic E-state index is -0.708. The number of carbonyl (C=O) groups is 1. The molecule has 4 aromatic rings. The molecule has 1 aliphatic heterocycles. The van der Waals surface area contributed by atoms with Crippen LogP contribution in [0.2, 0.25) is 5.02 Å². The van der Waals surface area contributed by atoms with Gasteiger partial charge in [-0.15, -0.1) is 0 Å². The van der Waals surface area contributed by atoms with Crippen molar-refractivity contribution in [1.82, 2.24) is 29.5 Å². The van der Waals surface area contributed by atoms with Gasteiger partial charge < -0.3 is 10.2 Å². The van der Waals surface area contributed by atoms with E-state index in [4.69, 9.17) is 18.2 Å². The highest BCUT2D eigenvalue weighted by Gasteiger charge is 2.30. The van der Waals surface area contributed by atoms with Crippen LogP contribution in [-0.2, 0) is 7.05 Å². The van der Waals surface area contributed by atoms with Crippen LogP contribution < -0.4 is 5.32 Å². The molecule has 0 saturated carbocycles. The fraction of sp³-hybridized carbons (Fsp3) is 0.308. The van der Waals surface area contributed by atoms with Gasteiger partial charge in [0.25, 0.3) is 5.91 Å². The highest BCUT2D eigenvalue weighted by atomic mass is 35.5. The molecule has 37 heavy (non-hydrogen) atoms. The topological polar surface area (TPSA) is 72.3 Å². The smallest absolute Gasteiger partial charge is 0.274 e. The maximum atomic E-state index is 14.8. The Balaban J connectivity index is 1.72. The molecule has 0 unspecified atom stereocenters. The van der Waals surface area contributed by atoms with Gasteiger partial charge in [-0.05, 0) is 45.0 Å². The fourth-order valence-corrected chi connectivity index (χ4v) is 5.07. The number of nitrogens with zero attached hydrogens (tertiary/aromatic N) is 6. The van der Waals surface area contributed by atoms with Crippen molar-refractivity contribution in [3.05, 3.63) is 69.9 Å². The lowest BCUT2D eigenvalue weighted by Gasteiger charge is -2.32. The monoisotopic (exact) mass is 523 g/mol. The Kier molecular flexibility index (Phi) is 6.43. The maximum Gasteiger partial charge on any atom is 0.274 e. The summed E-state index contributed by atoms with van der Waals surface area (Å²) in [7, 11) is 3.36. The minimum absolute atomic E-state index is 0.127. The zero-order valence-electron chi connectivity index (χ0n) is 20.5. The van der Waals surface area contributed by atoms with E-state index in [9.17, 15) is 13.6 Å². The molecule has 0 radical (unpaired) electrons. The average molecular weight is 524 g/mol. The number of fused-ring (bicyclic) bond motifs is 1. The molecular weight excluding hydrogens is 500 g/mol. The Morgan fingerprint density at radius 1 is 1.27 bits per heavy atom. The predicted molar refractivity (Wildman–Crippen MR) is 137 cm³/mol. The van der Waals surface area contributed by atoms with Crippen LogP contribution in [0.25, 0.3) is 32.8 Å². The molecule has 8 nitrogen and oxygen atoms in total. The Labute approximate surface area is 217 Å². The number of carbonyl (C=O) groups excluding carboxylic acids is 1. The summed E-state index contributed by atoms with van der Waals surface area (Å²) in [6, 6.07) is 7.41. The number of imidazole rings is 1. The summed E-state index contributed by atoms with van der Waals surface area (Å²) in [5.41, 5.74) is 1.65. The van der Waals surface area contributed by atoms with Crippen LogP contribution in [0.1, 0.15) is 29.0 Å². The van der Waals surface area contributed by atoms with Crippen LogP contribution in [0.5, 0.6) is 0 Å². The molecule has 0 aliphatic carbocycles. The maximum absolute atomic E-state index is 14.8. The molecule has 1 amide bonds. The zero-order valence-corrected chi connectivity index (χ0v) is 21.3. The van der Waals surface area contributed by atoms with E-state index in [2.05, 4.69) is 20.2 Å². The second-order valence-electron chi connectivity index (χ2n) is 9.10. The SMILES string of the molecule is [C-]#[N+]c1ccc(-c2nc(C(=O)N3CCC[C@H](NC)C3)c(C)n2-c2cc3c(F)n(C)nc3cc2Cl)cc1F. The average Bonchev–Trinajstić information content (AvgIpc) is 3.38. The number of halogens is 3. The highest BCUT2D eigenvalue weighted by molar-refractivity contribution is 6.33. The zero-order chi connectivity index (χ0) is 26.4. The largest absolute Gasteiger partial charge is 0.336 e. The highest BCUT2D eigenvalue weighted by Crippen LogP contribution is 2.35. The third kappa shape index (κ3) is 4.24. The number of rotatable bonds is 4. The third-order valence-electron chi connectivity index (χ3n) is 6.82. The Hall–Kier alpha value is -3.81. The molecule has 0 spiro atoms. The molecule has 1 saturated heterocycles. The number of likely N-dealkylation sites (N-methyl/N-ethyl adjacent to an activating group) is 1. The first-order valence-electron chi connectivity index (χ1n) is 11.8. The van der Waals surface area contributed by atoms with Crippen molar-refractivity contribution in [2.24, 2.45) is 7.05 Å². The number of aryl methyl sites for hydroxylation is 1. The molecule has 0 bridgehead atoms. The number of hydrogen-bond acceptors (Lipinski definition) is 4. The first kappa shape index (κ1) is 24.9. The molecule has 1 atom stereocenters. The first-order valence-corrected chi connectivity index (χ1v) is 12.2. The van der Waals surface area contributed by atoms with Crippen LogP contribution >= 0.6 is 11.6 Å². The van der Waals surface area contributed by atoms with Gasteiger partial charge in [0.1, 0.15) is 17.3 Å². The molecule has 3 heterocycles. The van der Waals surface area contributed by atoms with Crippen molar-refractivity contribution in [2.75, 3.05) is 20.1 Å². The van der Waals surface area contributed by atoms with E-state index in [1.54, 1.807) is 34.6 Å². The standard InChI is InChI=1S/C26H24ClF2N7O/c1-14-23(26(37)35-9-5-6-16(13-35)30-2)32-25(15-7-8-20(31-3)19(28)10-15)36(14)22-11-17-21(12-18(22)27)33-34(4)24(17)29/h7-8,10-12,16,30H,5-6,9,13H2,1-2,4H3/t16-/m0/s1. The van der Waals surface area contributed by atoms with E-state index in [-0.39, 0.29) is 39.6 Å². The molecular formula is C26H24ClF2N7O. The lowest BCUT2D eigenvalue weighted by Crippen LogP contribution is -2.47. The van der Waals surface area contributed by atoms with Gasteiger partial charge in [0.2, 0.25) is 11.6 Å². The first-order chi connectivity index (χ1) is 17.7. The van der Waals surface area contributed by atoms with E-state index in [0.29, 0.717) is 35.6 Å². The molecule has 1 fully saturated rings. The summed E-state index contributed by atoms with van der Waals surface area (Å²) < 4.78 is 32.2. The van der Waals surface area contributed by atoms with Crippen LogP contribution in [-0.4, -0.2) is 56.3 Å². The fourth-order valence-electron chi connectivity index (χ4n) is 4.83. The number of amides is 1. The van der Waals surface area contributed by atoms with E-state index in [1.807, 2.05) is 7.05 Å². The van der Waals surface area contributed by atoms with Gasteiger partial charge in [0.15, 0.2) is 0 Å². The number of piperidine rings is 1. The minimum Gasteiger partial charge on any atom is -0.336 e. The number of hydrogen-bond donors (Lipinski definition) is 1. The Morgan fingerprint density at radius 2 is 2.05 bits per heavy atom. The Bertz CT molecular complexity index is 1590.